The number of nitro benzene ring substituents is 1. The summed E-state index contributed by atoms with van der Waals surface area (Å²) in [5, 5.41) is 28.1. The van der Waals surface area contributed by atoms with Crippen LogP contribution in [0, 0.1) is 21.4 Å². The van der Waals surface area contributed by atoms with E-state index in [1.807, 2.05) is 6.07 Å². The summed E-state index contributed by atoms with van der Waals surface area (Å²) < 4.78 is 0. The number of anilines is 1. The molecular formula is C10H9N3O4. The highest BCUT2D eigenvalue weighted by atomic mass is 16.6. The number of hydrogen-bond donors (Lipinski definition) is 1. The van der Waals surface area contributed by atoms with Gasteiger partial charge in [-0.15, -0.1) is 0 Å². The zero-order valence-corrected chi connectivity index (χ0v) is 8.95. The van der Waals surface area contributed by atoms with Crippen molar-refractivity contribution in [3.05, 3.63) is 33.9 Å². The van der Waals surface area contributed by atoms with Crippen LogP contribution < -0.4 is 4.90 Å². The van der Waals surface area contributed by atoms with Crippen molar-refractivity contribution in [1.82, 2.24) is 0 Å². The van der Waals surface area contributed by atoms with Crippen LogP contribution in [0.5, 0.6) is 0 Å². The van der Waals surface area contributed by atoms with Crippen molar-refractivity contribution in [2.45, 2.75) is 0 Å². The number of benzene rings is 1. The van der Waals surface area contributed by atoms with Gasteiger partial charge in [0.15, 0.2) is 0 Å². The standard InChI is InChI=1S/C10H9N3O4/c1-12(6-10(14)15)9-4-7(5-11)2-3-8(9)13(16)17/h2-4H,6H2,1H3,(H,14,15). The lowest BCUT2D eigenvalue weighted by molar-refractivity contribution is -0.384. The van der Waals surface area contributed by atoms with Crippen molar-refractivity contribution in [2.24, 2.45) is 0 Å². The van der Waals surface area contributed by atoms with Gasteiger partial charge in [-0.05, 0) is 12.1 Å². The summed E-state index contributed by atoms with van der Waals surface area (Å²) in [6.07, 6.45) is 0. The molecule has 0 unspecified atom stereocenters. The van der Waals surface area contributed by atoms with Crippen molar-refractivity contribution >= 4 is 17.3 Å². The summed E-state index contributed by atoms with van der Waals surface area (Å²) in [6.45, 7) is -0.379. The zero-order valence-electron chi connectivity index (χ0n) is 8.95. The predicted molar refractivity (Wildman–Crippen MR) is 58.7 cm³/mol. The molecule has 1 N–H and O–H groups in total. The summed E-state index contributed by atoms with van der Waals surface area (Å²) in [5.74, 6) is -1.11. The maximum absolute atomic E-state index is 10.8. The molecule has 1 rings (SSSR count). The first-order valence-electron chi connectivity index (χ1n) is 4.57. The van der Waals surface area contributed by atoms with Gasteiger partial charge in [-0.1, -0.05) is 0 Å². The summed E-state index contributed by atoms with van der Waals surface area (Å²) in [4.78, 5) is 21.9. The van der Waals surface area contributed by atoms with Gasteiger partial charge in [0.25, 0.3) is 5.69 Å². The third kappa shape index (κ3) is 2.92. The fraction of sp³-hybridized carbons (Fsp3) is 0.200. The van der Waals surface area contributed by atoms with E-state index in [9.17, 15) is 14.9 Å². The Kier molecular flexibility index (Phi) is 3.62. The lowest BCUT2D eigenvalue weighted by atomic mass is 10.1. The van der Waals surface area contributed by atoms with Gasteiger partial charge in [-0.2, -0.15) is 5.26 Å². The van der Waals surface area contributed by atoms with Gasteiger partial charge in [-0.3, -0.25) is 14.9 Å². The van der Waals surface area contributed by atoms with Crippen molar-refractivity contribution in [1.29, 1.82) is 5.26 Å². The second-order valence-electron chi connectivity index (χ2n) is 3.32. The number of carboxylic acid groups (broad SMARTS) is 1. The Hall–Kier alpha value is -2.62. The topological polar surface area (TPSA) is 107 Å². The van der Waals surface area contributed by atoms with Gasteiger partial charge in [0, 0.05) is 13.1 Å². The summed E-state index contributed by atoms with van der Waals surface area (Å²) >= 11 is 0. The molecule has 0 bridgehead atoms. The van der Waals surface area contributed by atoms with Crippen molar-refractivity contribution in [2.75, 3.05) is 18.5 Å². The molecular weight excluding hydrogens is 226 g/mol. The largest absolute Gasteiger partial charge is 0.480 e. The molecule has 0 fully saturated rings. The first kappa shape index (κ1) is 12.4. The Balaban J connectivity index is 3.22. The maximum Gasteiger partial charge on any atom is 0.323 e. The SMILES string of the molecule is CN(CC(=O)O)c1cc(C#N)ccc1[N+](=O)[O-]. The number of nitriles is 1. The second kappa shape index (κ2) is 4.94. The summed E-state index contributed by atoms with van der Waals surface area (Å²) in [6, 6.07) is 5.64. The van der Waals surface area contributed by atoms with Gasteiger partial charge < -0.3 is 10.0 Å². The van der Waals surface area contributed by atoms with Crippen LogP contribution in [0.4, 0.5) is 11.4 Å². The Morgan fingerprint density at radius 2 is 2.29 bits per heavy atom. The minimum Gasteiger partial charge on any atom is -0.480 e. The first-order valence-corrected chi connectivity index (χ1v) is 4.57. The number of hydrogen-bond acceptors (Lipinski definition) is 5. The van der Waals surface area contributed by atoms with E-state index in [2.05, 4.69) is 0 Å². The third-order valence-electron chi connectivity index (χ3n) is 2.08. The van der Waals surface area contributed by atoms with Gasteiger partial charge in [0.2, 0.25) is 0 Å². The molecule has 0 aromatic heterocycles. The molecule has 0 heterocycles. The molecule has 0 radical (unpaired) electrons. The quantitative estimate of drug-likeness (QED) is 0.615. The number of likely N-dealkylation sites (N-methyl/N-ethyl adjacent to an activating group) is 1. The monoisotopic (exact) mass is 235 g/mol. The molecule has 0 saturated carbocycles. The van der Waals surface area contributed by atoms with Crippen LogP contribution in [-0.4, -0.2) is 29.6 Å². The van der Waals surface area contributed by atoms with E-state index in [-0.39, 0.29) is 23.5 Å². The first-order chi connectivity index (χ1) is 7.95. The van der Waals surface area contributed by atoms with Crippen molar-refractivity contribution < 1.29 is 14.8 Å². The second-order valence-corrected chi connectivity index (χ2v) is 3.32. The molecule has 0 aliphatic heterocycles. The Morgan fingerprint density at radius 1 is 1.65 bits per heavy atom. The highest BCUT2D eigenvalue weighted by molar-refractivity contribution is 5.76. The average molecular weight is 235 g/mol. The number of carbonyl (C=O) groups is 1. The Labute approximate surface area is 96.7 Å². The number of rotatable bonds is 4. The minimum absolute atomic E-state index is 0.108. The van der Waals surface area contributed by atoms with Gasteiger partial charge in [0.1, 0.15) is 12.2 Å². The summed E-state index contributed by atoms with van der Waals surface area (Å²) in [7, 11) is 1.41. The molecule has 0 amide bonds. The molecule has 0 atom stereocenters. The minimum atomic E-state index is -1.11. The van der Waals surface area contributed by atoms with Crippen LogP contribution in [0.25, 0.3) is 0 Å². The lowest BCUT2D eigenvalue weighted by Gasteiger charge is -2.16. The zero-order chi connectivity index (χ0) is 13.0. The van der Waals surface area contributed by atoms with Crippen LogP contribution in [0.1, 0.15) is 5.56 Å². The highest BCUT2D eigenvalue weighted by Crippen LogP contribution is 2.28. The predicted octanol–water partition coefficient (Wildman–Crippen LogP) is 0.987. The highest BCUT2D eigenvalue weighted by Gasteiger charge is 2.19. The van der Waals surface area contributed by atoms with Crippen LogP contribution >= 0.6 is 0 Å². The van der Waals surface area contributed by atoms with E-state index < -0.39 is 10.9 Å². The summed E-state index contributed by atoms with van der Waals surface area (Å²) in [5.41, 5.74) is 0.118. The lowest BCUT2D eigenvalue weighted by Crippen LogP contribution is -2.25. The van der Waals surface area contributed by atoms with Gasteiger partial charge in [-0.25, -0.2) is 0 Å². The number of carboxylic acids is 1. The molecule has 0 spiro atoms. The molecule has 7 nitrogen and oxygen atoms in total. The molecule has 1 aromatic carbocycles. The van der Waals surface area contributed by atoms with E-state index >= 15 is 0 Å². The average Bonchev–Trinajstić information content (AvgIpc) is 2.27. The molecule has 88 valence electrons. The van der Waals surface area contributed by atoms with E-state index in [0.29, 0.717) is 0 Å². The third-order valence-corrected chi connectivity index (χ3v) is 2.08. The molecule has 17 heavy (non-hydrogen) atoms. The van der Waals surface area contributed by atoms with Crippen LogP contribution in [0.15, 0.2) is 18.2 Å². The molecule has 1 aromatic rings. The molecule has 0 aliphatic carbocycles. The smallest absolute Gasteiger partial charge is 0.323 e. The number of aliphatic carboxylic acids is 1. The van der Waals surface area contributed by atoms with E-state index in [0.717, 1.165) is 0 Å². The van der Waals surface area contributed by atoms with Crippen molar-refractivity contribution in [3.8, 4) is 6.07 Å². The van der Waals surface area contributed by atoms with Crippen LogP contribution in [0.3, 0.4) is 0 Å². The van der Waals surface area contributed by atoms with Crippen LogP contribution in [0.2, 0.25) is 0 Å². The van der Waals surface area contributed by atoms with Crippen LogP contribution in [-0.2, 0) is 4.79 Å². The number of nitro groups is 1. The van der Waals surface area contributed by atoms with Gasteiger partial charge in [0.05, 0.1) is 16.6 Å². The Morgan fingerprint density at radius 3 is 2.76 bits per heavy atom. The Bertz CT molecular complexity index is 507. The fourth-order valence-corrected chi connectivity index (χ4v) is 1.34. The van der Waals surface area contributed by atoms with Gasteiger partial charge >= 0.3 is 5.97 Å². The van der Waals surface area contributed by atoms with E-state index in [1.165, 1.54) is 30.1 Å². The number of nitrogens with zero attached hydrogens (tertiary/aromatic N) is 3. The fourth-order valence-electron chi connectivity index (χ4n) is 1.34. The van der Waals surface area contributed by atoms with Crippen molar-refractivity contribution in [3.63, 3.8) is 0 Å². The molecule has 7 heteroatoms. The van der Waals surface area contributed by atoms with E-state index in [4.69, 9.17) is 10.4 Å². The molecule has 0 saturated heterocycles. The molecule has 0 aliphatic rings. The van der Waals surface area contributed by atoms with E-state index in [1.54, 1.807) is 0 Å². The maximum atomic E-state index is 10.8. The normalized spacial score (nSPS) is 9.41.